The number of aromatic nitrogens is 2. The molecule has 0 aliphatic heterocycles. The third kappa shape index (κ3) is 1.36. The second-order valence-electron chi connectivity index (χ2n) is 1.26. The van der Waals surface area contributed by atoms with Crippen LogP contribution in [0.15, 0.2) is 14.4 Å². The van der Waals surface area contributed by atoms with E-state index in [-0.39, 0.29) is 5.95 Å². The molecule has 6 heteroatoms. The van der Waals surface area contributed by atoms with Gasteiger partial charge in [0.1, 0.15) is 9.21 Å². The van der Waals surface area contributed by atoms with Crippen molar-refractivity contribution >= 4 is 37.8 Å². The highest BCUT2D eigenvalue weighted by molar-refractivity contribution is 9.13. The summed E-state index contributed by atoms with van der Waals surface area (Å²) >= 11 is 6.16. The van der Waals surface area contributed by atoms with Crippen LogP contribution in [0.3, 0.4) is 0 Å². The second kappa shape index (κ2) is 2.57. The Labute approximate surface area is 67.3 Å². The second-order valence-corrected chi connectivity index (χ2v) is 2.80. The van der Waals surface area contributed by atoms with E-state index in [9.17, 15) is 4.91 Å². The molecule has 0 spiro atoms. The van der Waals surface area contributed by atoms with Crippen molar-refractivity contribution in [1.29, 1.82) is 0 Å². The third-order valence-electron chi connectivity index (χ3n) is 0.693. The lowest BCUT2D eigenvalue weighted by Gasteiger charge is -1.73. The Morgan fingerprint density at radius 3 is 2.44 bits per heavy atom. The monoisotopic (exact) mass is 253 g/mol. The number of nitroso groups, excluding NO2 is 1. The Morgan fingerprint density at radius 1 is 1.56 bits per heavy atom. The van der Waals surface area contributed by atoms with E-state index in [1.807, 2.05) is 0 Å². The van der Waals surface area contributed by atoms with Gasteiger partial charge in [0.15, 0.2) is 0 Å². The molecule has 1 aromatic rings. The Balaban J connectivity index is 3.11. The zero-order chi connectivity index (χ0) is 6.85. The van der Waals surface area contributed by atoms with Crippen molar-refractivity contribution in [3.8, 4) is 0 Å². The first kappa shape index (κ1) is 6.88. The molecule has 0 atom stereocenters. The van der Waals surface area contributed by atoms with E-state index in [2.05, 4.69) is 47.0 Å². The minimum atomic E-state index is 0.0637. The standard InChI is InChI=1S/C3HBr2N3O/c4-1-2(5)7-3(6-1)8-9/h(H,6,7). The minimum Gasteiger partial charge on any atom is -0.313 e. The number of aromatic amines is 1. The van der Waals surface area contributed by atoms with Gasteiger partial charge in [0.05, 0.1) is 0 Å². The predicted octanol–water partition coefficient (Wildman–Crippen LogP) is 2.33. The molecular formula is C3HBr2N3O. The van der Waals surface area contributed by atoms with Crippen LogP contribution in [0.2, 0.25) is 0 Å². The van der Waals surface area contributed by atoms with Crippen molar-refractivity contribution < 1.29 is 0 Å². The van der Waals surface area contributed by atoms with Gasteiger partial charge in [-0.15, -0.1) is 4.91 Å². The van der Waals surface area contributed by atoms with Gasteiger partial charge in [-0.1, -0.05) is 0 Å². The molecule has 1 aromatic heterocycles. The molecule has 9 heavy (non-hydrogen) atoms. The summed E-state index contributed by atoms with van der Waals surface area (Å²) in [4.78, 5) is 16.0. The average Bonchev–Trinajstić information content (AvgIpc) is 2.13. The van der Waals surface area contributed by atoms with Gasteiger partial charge < -0.3 is 4.98 Å². The molecule has 0 unspecified atom stereocenters. The highest BCUT2D eigenvalue weighted by Gasteiger charge is 2.02. The molecule has 1 rings (SSSR count). The van der Waals surface area contributed by atoms with Crippen molar-refractivity contribution in [2.75, 3.05) is 0 Å². The van der Waals surface area contributed by atoms with Crippen LogP contribution in [-0.4, -0.2) is 9.97 Å². The summed E-state index contributed by atoms with van der Waals surface area (Å²) in [5.74, 6) is 0.0637. The molecule has 0 radical (unpaired) electrons. The molecule has 0 saturated heterocycles. The summed E-state index contributed by atoms with van der Waals surface area (Å²) in [6, 6.07) is 0. The third-order valence-corrected chi connectivity index (χ3v) is 2.37. The van der Waals surface area contributed by atoms with Gasteiger partial charge in [0.25, 0.3) is 5.95 Å². The lowest BCUT2D eigenvalue weighted by molar-refractivity contribution is 1.22. The van der Waals surface area contributed by atoms with Crippen LogP contribution in [0.25, 0.3) is 0 Å². The van der Waals surface area contributed by atoms with Gasteiger partial charge in [-0.3, -0.25) is 0 Å². The van der Waals surface area contributed by atoms with E-state index in [1.54, 1.807) is 0 Å². The van der Waals surface area contributed by atoms with E-state index in [0.29, 0.717) is 9.21 Å². The first-order chi connectivity index (χ1) is 4.24. The van der Waals surface area contributed by atoms with Crippen LogP contribution in [-0.2, 0) is 0 Å². The SMILES string of the molecule is O=Nc1nc(Br)c(Br)[nH]1. The number of hydrogen-bond acceptors (Lipinski definition) is 3. The molecule has 48 valence electrons. The fourth-order valence-corrected chi connectivity index (χ4v) is 0.896. The van der Waals surface area contributed by atoms with E-state index in [1.165, 1.54) is 0 Å². The normalized spacial score (nSPS) is 9.56. The summed E-state index contributed by atoms with van der Waals surface area (Å²) in [7, 11) is 0. The van der Waals surface area contributed by atoms with Crippen LogP contribution in [0.4, 0.5) is 5.95 Å². The van der Waals surface area contributed by atoms with Crippen LogP contribution < -0.4 is 0 Å². The van der Waals surface area contributed by atoms with E-state index in [4.69, 9.17) is 0 Å². The minimum absolute atomic E-state index is 0.0637. The van der Waals surface area contributed by atoms with Crippen LogP contribution in [0.5, 0.6) is 0 Å². The number of imidazole rings is 1. The Morgan fingerprint density at radius 2 is 2.22 bits per heavy atom. The van der Waals surface area contributed by atoms with Crippen LogP contribution >= 0.6 is 31.9 Å². The van der Waals surface area contributed by atoms with E-state index >= 15 is 0 Å². The smallest absolute Gasteiger partial charge is 0.270 e. The van der Waals surface area contributed by atoms with E-state index < -0.39 is 0 Å². The quantitative estimate of drug-likeness (QED) is 0.782. The fraction of sp³-hybridized carbons (Fsp3) is 0. The van der Waals surface area contributed by atoms with Gasteiger partial charge in [-0.2, -0.15) is 0 Å². The number of halogens is 2. The maximum Gasteiger partial charge on any atom is 0.270 e. The zero-order valence-electron chi connectivity index (χ0n) is 4.06. The first-order valence-corrected chi connectivity index (χ1v) is 3.57. The maximum absolute atomic E-state index is 9.79. The predicted molar refractivity (Wildman–Crippen MR) is 39.4 cm³/mol. The number of rotatable bonds is 1. The summed E-state index contributed by atoms with van der Waals surface area (Å²) in [5, 5.41) is 2.58. The summed E-state index contributed by atoms with van der Waals surface area (Å²) in [6.07, 6.45) is 0. The molecule has 0 aliphatic rings. The summed E-state index contributed by atoms with van der Waals surface area (Å²) in [6.45, 7) is 0. The van der Waals surface area contributed by atoms with Crippen molar-refractivity contribution in [2.45, 2.75) is 0 Å². The Hall–Kier alpha value is -0.230. The van der Waals surface area contributed by atoms with Gasteiger partial charge >= 0.3 is 0 Å². The highest BCUT2D eigenvalue weighted by Crippen LogP contribution is 2.22. The molecule has 0 bridgehead atoms. The fourth-order valence-electron chi connectivity index (χ4n) is 0.363. The number of hydrogen-bond donors (Lipinski definition) is 1. The number of nitrogens with zero attached hydrogens (tertiary/aromatic N) is 2. The van der Waals surface area contributed by atoms with Crippen LogP contribution in [0, 0.1) is 4.91 Å². The molecule has 0 saturated carbocycles. The van der Waals surface area contributed by atoms with Gasteiger partial charge in [0, 0.05) is 5.18 Å². The number of nitrogens with one attached hydrogen (secondary N) is 1. The van der Waals surface area contributed by atoms with Gasteiger partial charge in [-0.05, 0) is 31.9 Å². The lowest BCUT2D eigenvalue weighted by atomic mass is 11.0. The summed E-state index contributed by atoms with van der Waals surface area (Å²) < 4.78 is 1.18. The highest BCUT2D eigenvalue weighted by atomic mass is 79.9. The number of H-pyrrole nitrogens is 1. The molecule has 4 nitrogen and oxygen atoms in total. The summed E-state index contributed by atoms with van der Waals surface area (Å²) in [5.41, 5.74) is 0. The molecule has 0 aromatic carbocycles. The maximum atomic E-state index is 9.79. The average molecular weight is 255 g/mol. The topological polar surface area (TPSA) is 58.1 Å². The molecule has 1 heterocycles. The largest absolute Gasteiger partial charge is 0.313 e. The Bertz CT molecular complexity index is 213. The lowest BCUT2D eigenvalue weighted by Crippen LogP contribution is -1.59. The molecule has 1 N–H and O–H groups in total. The van der Waals surface area contributed by atoms with Crippen molar-refractivity contribution in [3.05, 3.63) is 14.1 Å². The molecule has 0 fully saturated rings. The van der Waals surface area contributed by atoms with Crippen molar-refractivity contribution in [1.82, 2.24) is 9.97 Å². The van der Waals surface area contributed by atoms with Crippen molar-refractivity contribution in [3.63, 3.8) is 0 Å². The van der Waals surface area contributed by atoms with Gasteiger partial charge in [-0.25, -0.2) is 4.98 Å². The molecular weight excluding hydrogens is 254 g/mol. The Kier molecular flexibility index (Phi) is 1.97. The molecule has 0 amide bonds. The van der Waals surface area contributed by atoms with Gasteiger partial charge in [0.2, 0.25) is 0 Å². The molecule has 0 aliphatic carbocycles. The zero-order valence-corrected chi connectivity index (χ0v) is 7.23. The first-order valence-electron chi connectivity index (χ1n) is 1.98. The van der Waals surface area contributed by atoms with Crippen LogP contribution in [0.1, 0.15) is 0 Å². The van der Waals surface area contributed by atoms with E-state index in [0.717, 1.165) is 0 Å². The van der Waals surface area contributed by atoms with Crippen molar-refractivity contribution in [2.24, 2.45) is 5.18 Å².